The lowest BCUT2D eigenvalue weighted by molar-refractivity contribution is 0.187. The molecule has 0 aromatic heterocycles. The molecule has 2 rings (SSSR count). The number of guanidine groups is 1. The Morgan fingerprint density at radius 1 is 1.17 bits per heavy atom. The van der Waals surface area contributed by atoms with Crippen molar-refractivity contribution in [3.8, 4) is 0 Å². The first-order valence-electron chi connectivity index (χ1n) is 6.99. The second kappa shape index (κ2) is 8.96. The van der Waals surface area contributed by atoms with Gasteiger partial charge < -0.3 is 15.8 Å². The van der Waals surface area contributed by atoms with Crippen molar-refractivity contribution in [3.05, 3.63) is 0 Å². The molecule has 3 N–H and O–H groups in total. The molecule has 0 radical (unpaired) electrons. The molecule has 1 unspecified atom stereocenters. The molecule has 2 aliphatic rings. The van der Waals surface area contributed by atoms with Crippen LogP contribution in [0, 0.1) is 5.92 Å². The fraction of sp³-hybridized carbons (Fsp3) is 0.923. The lowest BCUT2D eigenvalue weighted by atomic mass is 10.1. The maximum atomic E-state index is 5.93. The average Bonchev–Trinajstić information content (AvgIpc) is 2.72. The summed E-state index contributed by atoms with van der Waals surface area (Å²) in [6, 6.07) is 0.543. The van der Waals surface area contributed by atoms with E-state index < -0.39 is 0 Å². The standard InChI is InChI=1S/C13H25N3O.HI/c14-13(15-9-11-7-8-17-10-11)16-12-5-3-1-2-4-6-12;/h11-12H,1-10H2,(H3,14,15,16);1H. The third-order valence-corrected chi connectivity index (χ3v) is 3.75. The minimum Gasteiger partial charge on any atom is -0.381 e. The first kappa shape index (κ1) is 16.0. The summed E-state index contributed by atoms with van der Waals surface area (Å²) in [6.45, 7) is 2.54. The lowest BCUT2D eigenvalue weighted by Gasteiger charge is -2.17. The molecule has 1 saturated carbocycles. The summed E-state index contributed by atoms with van der Waals surface area (Å²) in [5, 5.41) is 3.37. The van der Waals surface area contributed by atoms with Gasteiger partial charge >= 0.3 is 0 Å². The minimum absolute atomic E-state index is 0. The third-order valence-electron chi connectivity index (χ3n) is 3.75. The predicted molar refractivity (Wildman–Crippen MR) is 85.5 cm³/mol. The molecular formula is C13H26IN3O. The van der Waals surface area contributed by atoms with Crippen LogP contribution in [0.4, 0.5) is 0 Å². The van der Waals surface area contributed by atoms with E-state index in [1.165, 1.54) is 38.5 Å². The fourth-order valence-electron chi connectivity index (χ4n) is 2.63. The van der Waals surface area contributed by atoms with E-state index in [1.807, 2.05) is 0 Å². The lowest BCUT2D eigenvalue weighted by Crippen LogP contribution is -2.40. The van der Waals surface area contributed by atoms with Crippen LogP contribution in [0.1, 0.15) is 44.9 Å². The molecule has 1 aliphatic heterocycles. The Labute approximate surface area is 127 Å². The van der Waals surface area contributed by atoms with Gasteiger partial charge in [-0.1, -0.05) is 25.7 Å². The van der Waals surface area contributed by atoms with Crippen LogP contribution in [-0.4, -0.2) is 31.8 Å². The van der Waals surface area contributed by atoms with Crippen LogP contribution in [0.2, 0.25) is 0 Å². The Balaban J connectivity index is 0.00000162. The summed E-state index contributed by atoms with van der Waals surface area (Å²) in [5.41, 5.74) is 5.93. The molecule has 1 heterocycles. The van der Waals surface area contributed by atoms with Crippen LogP contribution in [-0.2, 0) is 4.74 Å². The number of ether oxygens (including phenoxy) is 1. The van der Waals surface area contributed by atoms with Crippen LogP contribution in [0.25, 0.3) is 0 Å². The highest BCUT2D eigenvalue weighted by Gasteiger charge is 2.16. The molecule has 106 valence electrons. The van der Waals surface area contributed by atoms with Crippen molar-refractivity contribution in [2.75, 3.05) is 19.8 Å². The van der Waals surface area contributed by atoms with Crippen molar-refractivity contribution in [2.45, 2.75) is 51.0 Å². The van der Waals surface area contributed by atoms with E-state index in [2.05, 4.69) is 10.3 Å². The molecular weight excluding hydrogens is 341 g/mol. The van der Waals surface area contributed by atoms with Crippen molar-refractivity contribution in [1.29, 1.82) is 0 Å². The van der Waals surface area contributed by atoms with Crippen molar-refractivity contribution >= 4 is 29.9 Å². The molecule has 0 aromatic rings. The Bertz CT molecular complexity index is 247. The van der Waals surface area contributed by atoms with Gasteiger partial charge in [0.15, 0.2) is 5.96 Å². The number of nitrogens with two attached hydrogens (primary N) is 1. The van der Waals surface area contributed by atoms with Crippen molar-refractivity contribution in [3.63, 3.8) is 0 Å². The van der Waals surface area contributed by atoms with Crippen molar-refractivity contribution < 1.29 is 4.74 Å². The van der Waals surface area contributed by atoms with Crippen molar-refractivity contribution in [2.24, 2.45) is 16.6 Å². The number of nitrogens with one attached hydrogen (secondary N) is 1. The van der Waals surface area contributed by atoms with Gasteiger partial charge in [0.05, 0.1) is 6.61 Å². The largest absolute Gasteiger partial charge is 0.381 e. The van der Waals surface area contributed by atoms with E-state index >= 15 is 0 Å². The molecule has 1 atom stereocenters. The second-order valence-corrected chi connectivity index (χ2v) is 5.29. The average molecular weight is 367 g/mol. The van der Waals surface area contributed by atoms with Crippen LogP contribution < -0.4 is 11.1 Å². The summed E-state index contributed by atoms with van der Waals surface area (Å²) in [4.78, 5) is 4.43. The summed E-state index contributed by atoms with van der Waals surface area (Å²) in [6.07, 6.45) is 8.98. The number of aliphatic imine (C=N–C) groups is 1. The minimum atomic E-state index is 0. The van der Waals surface area contributed by atoms with E-state index in [0.717, 1.165) is 26.2 Å². The maximum absolute atomic E-state index is 5.93. The number of rotatable bonds is 3. The van der Waals surface area contributed by atoms with E-state index in [4.69, 9.17) is 10.5 Å². The van der Waals surface area contributed by atoms with Gasteiger partial charge in [-0.05, 0) is 19.3 Å². The maximum Gasteiger partial charge on any atom is 0.188 e. The van der Waals surface area contributed by atoms with Gasteiger partial charge in [0.25, 0.3) is 0 Å². The Morgan fingerprint density at radius 3 is 2.50 bits per heavy atom. The highest BCUT2D eigenvalue weighted by molar-refractivity contribution is 14.0. The number of halogens is 1. The summed E-state index contributed by atoms with van der Waals surface area (Å²) >= 11 is 0. The molecule has 4 nitrogen and oxygen atoms in total. The normalized spacial score (nSPS) is 26.4. The second-order valence-electron chi connectivity index (χ2n) is 5.29. The molecule has 18 heavy (non-hydrogen) atoms. The number of hydrogen-bond acceptors (Lipinski definition) is 2. The van der Waals surface area contributed by atoms with Gasteiger partial charge in [0.2, 0.25) is 0 Å². The first-order valence-corrected chi connectivity index (χ1v) is 6.99. The molecule has 0 bridgehead atoms. The quantitative estimate of drug-likeness (QED) is 0.348. The molecule has 0 aromatic carbocycles. The Kier molecular flexibility index (Phi) is 7.97. The molecule has 0 amide bonds. The van der Waals surface area contributed by atoms with Gasteiger partial charge in [0, 0.05) is 25.1 Å². The van der Waals surface area contributed by atoms with Crippen LogP contribution in [0.5, 0.6) is 0 Å². The van der Waals surface area contributed by atoms with Gasteiger partial charge in [0.1, 0.15) is 0 Å². The molecule has 5 heteroatoms. The molecule has 1 saturated heterocycles. The van der Waals surface area contributed by atoms with Crippen LogP contribution in [0.3, 0.4) is 0 Å². The van der Waals surface area contributed by atoms with E-state index in [9.17, 15) is 0 Å². The molecule has 2 fully saturated rings. The van der Waals surface area contributed by atoms with Gasteiger partial charge in [-0.2, -0.15) is 0 Å². The number of nitrogens with zero attached hydrogens (tertiary/aromatic N) is 1. The monoisotopic (exact) mass is 367 g/mol. The predicted octanol–water partition coefficient (Wildman–Crippen LogP) is 2.27. The Morgan fingerprint density at radius 2 is 1.89 bits per heavy atom. The fourth-order valence-corrected chi connectivity index (χ4v) is 2.63. The van der Waals surface area contributed by atoms with E-state index in [-0.39, 0.29) is 24.0 Å². The Hall–Kier alpha value is -0.0400. The highest BCUT2D eigenvalue weighted by Crippen LogP contribution is 2.17. The summed E-state index contributed by atoms with van der Waals surface area (Å²) in [7, 11) is 0. The smallest absolute Gasteiger partial charge is 0.188 e. The van der Waals surface area contributed by atoms with Gasteiger partial charge in [-0.25, -0.2) is 0 Å². The summed E-state index contributed by atoms with van der Waals surface area (Å²) < 4.78 is 5.33. The first-order chi connectivity index (χ1) is 8.34. The summed E-state index contributed by atoms with van der Waals surface area (Å²) in [5.74, 6) is 1.20. The van der Waals surface area contributed by atoms with E-state index in [0.29, 0.717) is 17.9 Å². The topological polar surface area (TPSA) is 59.6 Å². The third kappa shape index (κ3) is 5.73. The molecule has 1 aliphatic carbocycles. The van der Waals surface area contributed by atoms with Gasteiger partial charge in [-0.3, -0.25) is 4.99 Å². The zero-order valence-electron chi connectivity index (χ0n) is 11.1. The van der Waals surface area contributed by atoms with Crippen LogP contribution >= 0.6 is 24.0 Å². The van der Waals surface area contributed by atoms with E-state index in [1.54, 1.807) is 0 Å². The van der Waals surface area contributed by atoms with Crippen LogP contribution in [0.15, 0.2) is 4.99 Å². The zero-order valence-corrected chi connectivity index (χ0v) is 13.4. The number of hydrogen-bond donors (Lipinski definition) is 2. The zero-order chi connectivity index (χ0) is 11.9. The highest BCUT2D eigenvalue weighted by atomic mass is 127. The van der Waals surface area contributed by atoms with Gasteiger partial charge in [-0.15, -0.1) is 24.0 Å². The SMILES string of the molecule is I.NC(=NCC1CCOC1)NC1CCCCCC1. The molecule has 0 spiro atoms. The van der Waals surface area contributed by atoms with Crippen molar-refractivity contribution in [1.82, 2.24) is 5.32 Å².